The molecule has 0 amide bonds. The van der Waals surface area contributed by atoms with Gasteiger partial charge in [-0.15, -0.1) is 0 Å². The van der Waals surface area contributed by atoms with Gasteiger partial charge in [-0.1, -0.05) is 46.0 Å². The Morgan fingerprint density at radius 3 is 2.31 bits per heavy atom. The topological polar surface area (TPSA) is 12.0 Å². The monoisotopic (exact) mass is 185 g/mol. The zero-order valence-electron chi connectivity index (χ0n) is 9.90. The first-order chi connectivity index (χ1) is 6.20. The Balaban J connectivity index is 3.24. The number of rotatable bonds is 8. The predicted octanol–water partition coefficient (Wildman–Crippen LogP) is 3.59. The molecule has 0 aliphatic rings. The van der Waals surface area contributed by atoms with Gasteiger partial charge in [0.15, 0.2) is 0 Å². The van der Waals surface area contributed by atoms with E-state index in [1.807, 2.05) is 0 Å². The van der Waals surface area contributed by atoms with Gasteiger partial charge in [-0.25, -0.2) is 0 Å². The van der Waals surface area contributed by atoms with Crippen molar-refractivity contribution in [2.24, 2.45) is 5.92 Å². The maximum Gasteiger partial charge on any atom is 0.00382 e. The molecule has 13 heavy (non-hydrogen) atoms. The Morgan fingerprint density at radius 1 is 1.08 bits per heavy atom. The summed E-state index contributed by atoms with van der Waals surface area (Å²) < 4.78 is 0. The molecule has 80 valence electrons. The molecule has 1 nitrogen and oxygen atoms in total. The summed E-state index contributed by atoms with van der Waals surface area (Å²) in [7, 11) is 2.05. The van der Waals surface area contributed by atoms with Gasteiger partial charge < -0.3 is 5.32 Å². The van der Waals surface area contributed by atoms with E-state index < -0.39 is 0 Å². The molecule has 0 rings (SSSR count). The van der Waals surface area contributed by atoms with Crippen molar-refractivity contribution in [1.29, 1.82) is 0 Å². The van der Waals surface area contributed by atoms with Crippen LogP contribution in [0.4, 0.5) is 0 Å². The van der Waals surface area contributed by atoms with E-state index in [-0.39, 0.29) is 0 Å². The fraction of sp³-hybridized carbons (Fsp3) is 1.00. The van der Waals surface area contributed by atoms with Crippen molar-refractivity contribution in [2.75, 3.05) is 7.05 Å². The number of nitrogens with one attached hydrogen (secondary N) is 1. The maximum atomic E-state index is 3.30. The van der Waals surface area contributed by atoms with Crippen molar-refractivity contribution in [3.8, 4) is 0 Å². The molecular formula is C12H27N. The number of unbranched alkanes of at least 4 members (excludes halogenated alkanes) is 3. The Morgan fingerprint density at radius 2 is 1.77 bits per heavy atom. The molecule has 0 heterocycles. The van der Waals surface area contributed by atoms with Crippen LogP contribution >= 0.6 is 0 Å². The van der Waals surface area contributed by atoms with Crippen molar-refractivity contribution < 1.29 is 0 Å². The van der Waals surface area contributed by atoms with E-state index in [0.717, 1.165) is 5.92 Å². The Labute approximate surface area is 84.3 Å². The summed E-state index contributed by atoms with van der Waals surface area (Å²) >= 11 is 0. The zero-order chi connectivity index (χ0) is 10.1. The third-order valence-corrected chi connectivity index (χ3v) is 2.80. The van der Waals surface area contributed by atoms with Gasteiger partial charge in [0.25, 0.3) is 0 Å². The lowest BCUT2D eigenvalue weighted by Crippen LogP contribution is -2.23. The second kappa shape index (κ2) is 8.55. The second-order valence-electron chi connectivity index (χ2n) is 4.38. The molecule has 2 atom stereocenters. The molecule has 0 bridgehead atoms. The average Bonchev–Trinajstić information content (AvgIpc) is 2.12. The summed E-state index contributed by atoms with van der Waals surface area (Å²) in [5.41, 5.74) is 0. The molecule has 0 radical (unpaired) electrons. The summed E-state index contributed by atoms with van der Waals surface area (Å²) in [5.74, 6) is 0.888. The van der Waals surface area contributed by atoms with Gasteiger partial charge in [0.1, 0.15) is 0 Å². The lowest BCUT2D eigenvalue weighted by atomic mass is 9.96. The van der Waals surface area contributed by atoms with Crippen LogP contribution in [-0.4, -0.2) is 13.1 Å². The molecule has 0 fully saturated rings. The summed E-state index contributed by atoms with van der Waals surface area (Å²) in [6, 6.07) is 0.682. The third kappa shape index (κ3) is 8.29. The van der Waals surface area contributed by atoms with Crippen LogP contribution in [0.5, 0.6) is 0 Å². The highest BCUT2D eigenvalue weighted by molar-refractivity contribution is 4.63. The summed E-state index contributed by atoms with van der Waals surface area (Å²) in [6.07, 6.45) is 8.34. The highest BCUT2D eigenvalue weighted by atomic mass is 14.8. The number of hydrogen-bond acceptors (Lipinski definition) is 1. The summed E-state index contributed by atoms with van der Waals surface area (Å²) in [4.78, 5) is 0. The van der Waals surface area contributed by atoms with Gasteiger partial charge in [-0.05, 0) is 26.3 Å². The van der Waals surface area contributed by atoms with Crippen molar-refractivity contribution in [3.05, 3.63) is 0 Å². The molecule has 0 aromatic carbocycles. The quantitative estimate of drug-likeness (QED) is 0.570. The molecule has 0 aromatic heterocycles. The fourth-order valence-electron chi connectivity index (χ4n) is 1.76. The van der Waals surface area contributed by atoms with Crippen LogP contribution in [0.25, 0.3) is 0 Å². The second-order valence-corrected chi connectivity index (χ2v) is 4.38. The van der Waals surface area contributed by atoms with E-state index >= 15 is 0 Å². The van der Waals surface area contributed by atoms with Crippen LogP contribution in [0, 0.1) is 5.92 Å². The first-order valence-electron chi connectivity index (χ1n) is 5.88. The fourth-order valence-corrected chi connectivity index (χ4v) is 1.76. The molecule has 1 heteroatoms. The van der Waals surface area contributed by atoms with Gasteiger partial charge >= 0.3 is 0 Å². The molecule has 0 spiro atoms. The van der Waals surface area contributed by atoms with E-state index in [0.29, 0.717) is 6.04 Å². The van der Waals surface area contributed by atoms with E-state index in [1.54, 1.807) is 0 Å². The van der Waals surface area contributed by atoms with Crippen molar-refractivity contribution in [2.45, 2.75) is 65.3 Å². The van der Waals surface area contributed by atoms with Gasteiger partial charge in [0.05, 0.1) is 0 Å². The highest BCUT2D eigenvalue weighted by Crippen LogP contribution is 2.15. The van der Waals surface area contributed by atoms with Gasteiger partial charge in [-0.2, -0.15) is 0 Å². The third-order valence-electron chi connectivity index (χ3n) is 2.80. The van der Waals surface area contributed by atoms with Crippen LogP contribution < -0.4 is 5.32 Å². The molecule has 0 saturated carbocycles. The minimum atomic E-state index is 0.682. The summed E-state index contributed by atoms with van der Waals surface area (Å²) in [6.45, 7) is 6.91. The molecule has 0 saturated heterocycles. The minimum absolute atomic E-state index is 0.682. The van der Waals surface area contributed by atoms with Crippen LogP contribution in [0.3, 0.4) is 0 Å². The van der Waals surface area contributed by atoms with E-state index in [4.69, 9.17) is 0 Å². The first kappa shape index (κ1) is 13.0. The molecular weight excluding hydrogens is 158 g/mol. The summed E-state index contributed by atoms with van der Waals surface area (Å²) in [5, 5.41) is 3.30. The van der Waals surface area contributed by atoms with Crippen molar-refractivity contribution >= 4 is 0 Å². The van der Waals surface area contributed by atoms with Gasteiger partial charge in [0, 0.05) is 6.04 Å². The molecule has 0 aromatic rings. The smallest absolute Gasteiger partial charge is 0.00382 e. The zero-order valence-corrected chi connectivity index (χ0v) is 9.90. The van der Waals surface area contributed by atoms with Crippen LogP contribution in [0.1, 0.15) is 59.3 Å². The van der Waals surface area contributed by atoms with E-state index in [2.05, 4.69) is 33.1 Å². The Bertz CT molecular complexity index is 101. The maximum absolute atomic E-state index is 3.30. The van der Waals surface area contributed by atoms with Crippen molar-refractivity contribution in [3.63, 3.8) is 0 Å². The van der Waals surface area contributed by atoms with Crippen LogP contribution in [0.15, 0.2) is 0 Å². The highest BCUT2D eigenvalue weighted by Gasteiger charge is 2.05. The van der Waals surface area contributed by atoms with Crippen LogP contribution in [-0.2, 0) is 0 Å². The lowest BCUT2D eigenvalue weighted by Gasteiger charge is -2.16. The van der Waals surface area contributed by atoms with E-state index in [1.165, 1.54) is 38.5 Å². The minimum Gasteiger partial charge on any atom is -0.317 e. The van der Waals surface area contributed by atoms with Crippen molar-refractivity contribution in [1.82, 2.24) is 5.32 Å². The number of hydrogen-bond donors (Lipinski definition) is 1. The Kier molecular flexibility index (Phi) is 8.53. The Hall–Kier alpha value is -0.0400. The van der Waals surface area contributed by atoms with E-state index in [9.17, 15) is 0 Å². The first-order valence-corrected chi connectivity index (χ1v) is 5.88. The SMILES string of the molecule is CCCCCCC(C)CC(C)NC. The standard InChI is InChI=1S/C12H27N/c1-5-6-7-8-9-11(2)10-12(3)13-4/h11-13H,5-10H2,1-4H3. The van der Waals surface area contributed by atoms with Gasteiger partial charge in [0.2, 0.25) is 0 Å². The molecule has 0 aliphatic carbocycles. The lowest BCUT2D eigenvalue weighted by molar-refractivity contribution is 0.403. The van der Waals surface area contributed by atoms with Crippen LogP contribution in [0.2, 0.25) is 0 Å². The molecule has 0 aliphatic heterocycles. The average molecular weight is 185 g/mol. The largest absolute Gasteiger partial charge is 0.317 e. The molecule has 1 N–H and O–H groups in total. The predicted molar refractivity (Wildman–Crippen MR) is 61.1 cm³/mol. The van der Waals surface area contributed by atoms with Gasteiger partial charge in [-0.3, -0.25) is 0 Å². The molecule has 2 unspecified atom stereocenters. The normalized spacial score (nSPS) is 15.7.